The van der Waals surface area contributed by atoms with Crippen LogP contribution in [0.2, 0.25) is 0 Å². The number of hydrogen-bond acceptors (Lipinski definition) is 0. The molecule has 0 heterocycles. The second-order valence-electron chi connectivity index (χ2n) is 5.41. The molecule has 0 aliphatic heterocycles. The van der Waals surface area contributed by atoms with Crippen molar-refractivity contribution < 1.29 is 0 Å². The van der Waals surface area contributed by atoms with E-state index in [0.29, 0.717) is 0 Å². The highest BCUT2D eigenvalue weighted by molar-refractivity contribution is 7.73. The quantitative estimate of drug-likeness (QED) is 0.521. The average Bonchev–Trinajstić information content (AvgIpc) is 2.48. The summed E-state index contributed by atoms with van der Waals surface area (Å²) in [5.74, 6) is 0. The summed E-state index contributed by atoms with van der Waals surface area (Å²) < 4.78 is 0. The summed E-state index contributed by atoms with van der Waals surface area (Å²) in [7, 11) is -0.200. The van der Waals surface area contributed by atoms with Crippen LogP contribution in [-0.4, -0.2) is 6.16 Å². The Morgan fingerprint density at radius 1 is 0.850 bits per heavy atom. The van der Waals surface area contributed by atoms with E-state index >= 15 is 0 Å². The maximum absolute atomic E-state index is 2.34. The molecule has 20 heavy (non-hydrogen) atoms. The van der Waals surface area contributed by atoms with Crippen molar-refractivity contribution in [2.75, 3.05) is 6.16 Å². The van der Waals surface area contributed by atoms with E-state index in [1.165, 1.54) is 41.9 Å². The number of hydrogen-bond donors (Lipinski definition) is 0. The van der Waals surface area contributed by atoms with Gasteiger partial charge in [0.25, 0.3) is 0 Å². The van der Waals surface area contributed by atoms with Gasteiger partial charge in [0.15, 0.2) is 0 Å². The Morgan fingerprint density at radius 2 is 1.60 bits per heavy atom. The average molecular weight is 284 g/mol. The van der Waals surface area contributed by atoms with Crippen LogP contribution in [0.3, 0.4) is 0 Å². The third kappa shape index (κ3) is 3.70. The first-order valence-electron chi connectivity index (χ1n) is 7.63. The molecule has 2 aromatic carbocycles. The Labute approximate surface area is 125 Å². The van der Waals surface area contributed by atoms with Gasteiger partial charge >= 0.3 is 0 Å². The first-order chi connectivity index (χ1) is 9.74. The molecule has 0 saturated heterocycles. The molecule has 1 atom stereocenters. The molecule has 0 spiro atoms. The zero-order chi connectivity index (χ0) is 14.4. The van der Waals surface area contributed by atoms with Crippen molar-refractivity contribution in [1.29, 1.82) is 0 Å². The van der Waals surface area contributed by atoms with Crippen LogP contribution < -0.4 is 10.6 Å². The predicted molar refractivity (Wildman–Crippen MR) is 92.9 cm³/mol. The SMILES string of the molecule is CCCCCP(c1ccccc1)c1cccc(C)c1C. The summed E-state index contributed by atoms with van der Waals surface area (Å²) in [6, 6.07) is 17.9. The van der Waals surface area contributed by atoms with Crippen molar-refractivity contribution in [2.24, 2.45) is 0 Å². The van der Waals surface area contributed by atoms with Crippen LogP contribution >= 0.6 is 7.92 Å². The maximum Gasteiger partial charge on any atom is -0.0163 e. The number of benzene rings is 2. The highest BCUT2D eigenvalue weighted by atomic mass is 31.1. The predicted octanol–water partition coefficient (Wildman–Crippen LogP) is 4.93. The largest absolute Gasteiger partial charge is 0.0654 e. The molecule has 0 aliphatic carbocycles. The summed E-state index contributed by atoms with van der Waals surface area (Å²) in [4.78, 5) is 0. The van der Waals surface area contributed by atoms with Gasteiger partial charge in [0.1, 0.15) is 0 Å². The van der Waals surface area contributed by atoms with Gasteiger partial charge in [-0.15, -0.1) is 0 Å². The van der Waals surface area contributed by atoms with Crippen LogP contribution in [-0.2, 0) is 0 Å². The summed E-state index contributed by atoms with van der Waals surface area (Å²) in [6.07, 6.45) is 5.29. The molecule has 1 unspecified atom stereocenters. The zero-order valence-electron chi connectivity index (χ0n) is 12.9. The Kier molecular flexibility index (Phi) is 5.80. The molecule has 0 bridgehead atoms. The minimum atomic E-state index is -0.200. The smallest absolute Gasteiger partial charge is 0.0163 e. The van der Waals surface area contributed by atoms with Crippen molar-refractivity contribution >= 4 is 18.5 Å². The molecule has 0 saturated carbocycles. The minimum absolute atomic E-state index is 0.200. The van der Waals surface area contributed by atoms with Crippen LogP contribution in [0.1, 0.15) is 37.3 Å². The lowest BCUT2D eigenvalue weighted by Gasteiger charge is -2.21. The minimum Gasteiger partial charge on any atom is -0.0654 e. The molecular formula is C19H25P. The zero-order valence-corrected chi connectivity index (χ0v) is 13.8. The molecule has 0 amide bonds. The van der Waals surface area contributed by atoms with Gasteiger partial charge in [0.05, 0.1) is 0 Å². The van der Waals surface area contributed by atoms with Gasteiger partial charge in [-0.05, 0) is 56.1 Å². The van der Waals surface area contributed by atoms with Crippen molar-refractivity contribution in [2.45, 2.75) is 40.0 Å². The standard InChI is InChI=1S/C19H25P/c1-4-5-9-15-20(18-12-7-6-8-13-18)19-14-10-11-16(2)17(19)3/h6-8,10-14H,4-5,9,15H2,1-3H3. The molecule has 2 aromatic rings. The van der Waals surface area contributed by atoms with E-state index in [-0.39, 0.29) is 7.92 Å². The van der Waals surface area contributed by atoms with E-state index in [1.54, 1.807) is 5.30 Å². The van der Waals surface area contributed by atoms with E-state index in [4.69, 9.17) is 0 Å². The molecular weight excluding hydrogens is 259 g/mol. The van der Waals surface area contributed by atoms with Crippen LogP contribution in [0, 0.1) is 13.8 Å². The highest BCUT2D eigenvalue weighted by Crippen LogP contribution is 2.36. The van der Waals surface area contributed by atoms with E-state index in [0.717, 1.165) is 0 Å². The van der Waals surface area contributed by atoms with E-state index < -0.39 is 0 Å². The Morgan fingerprint density at radius 3 is 2.30 bits per heavy atom. The van der Waals surface area contributed by atoms with Gasteiger partial charge < -0.3 is 0 Å². The van der Waals surface area contributed by atoms with Crippen LogP contribution in [0.15, 0.2) is 48.5 Å². The van der Waals surface area contributed by atoms with Gasteiger partial charge in [0.2, 0.25) is 0 Å². The fourth-order valence-corrected chi connectivity index (χ4v) is 5.24. The first-order valence-corrected chi connectivity index (χ1v) is 9.15. The monoisotopic (exact) mass is 284 g/mol. The van der Waals surface area contributed by atoms with Gasteiger partial charge in [-0.3, -0.25) is 0 Å². The fraction of sp³-hybridized carbons (Fsp3) is 0.368. The second kappa shape index (κ2) is 7.60. The molecule has 0 aromatic heterocycles. The van der Waals surface area contributed by atoms with Gasteiger partial charge in [-0.25, -0.2) is 0 Å². The van der Waals surface area contributed by atoms with Gasteiger partial charge in [-0.2, -0.15) is 0 Å². The van der Waals surface area contributed by atoms with Crippen LogP contribution in [0.25, 0.3) is 0 Å². The second-order valence-corrected chi connectivity index (χ2v) is 7.71. The third-order valence-corrected chi connectivity index (χ3v) is 6.67. The molecule has 1 heteroatoms. The lowest BCUT2D eigenvalue weighted by atomic mass is 10.1. The number of aryl methyl sites for hydroxylation is 1. The fourth-order valence-electron chi connectivity index (χ4n) is 2.54. The van der Waals surface area contributed by atoms with Crippen molar-refractivity contribution in [3.63, 3.8) is 0 Å². The lowest BCUT2D eigenvalue weighted by Crippen LogP contribution is -2.17. The molecule has 0 nitrogen and oxygen atoms in total. The maximum atomic E-state index is 2.34. The molecule has 0 fully saturated rings. The summed E-state index contributed by atoms with van der Waals surface area (Å²) >= 11 is 0. The summed E-state index contributed by atoms with van der Waals surface area (Å²) in [6.45, 7) is 6.79. The topological polar surface area (TPSA) is 0 Å². The van der Waals surface area contributed by atoms with E-state index in [1.807, 2.05) is 0 Å². The van der Waals surface area contributed by atoms with Crippen LogP contribution in [0.4, 0.5) is 0 Å². The molecule has 0 N–H and O–H groups in total. The normalized spacial score (nSPS) is 12.3. The van der Waals surface area contributed by atoms with E-state index in [9.17, 15) is 0 Å². The summed E-state index contributed by atoms with van der Waals surface area (Å²) in [5.41, 5.74) is 2.90. The first kappa shape index (κ1) is 15.3. The van der Waals surface area contributed by atoms with Crippen molar-refractivity contribution in [3.8, 4) is 0 Å². The van der Waals surface area contributed by atoms with Gasteiger partial charge in [-0.1, -0.05) is 68.3 Å². The molecule has 2 rings (SSSR count). The van der Waals surface area contributed by atoms with Crippen molar-refractivity contribution in [3.05, 3.63) is 59.7 Å². The third-order valence-electron chi connectivity index (χ3n) is 3.92. The molecule has 106 valence electrons. The Bertz CT molecular complexity index is 531. The molecule has 0 radical (unpaired) electrons. The number of unbranched alkanes of at least 4 members (excludes halogenated alkanes) is 2. The highest BCUT2D eigenvalue weighted by Gasteiger charge is 2.15. The van der Waals surface area contributed by atoms with Gasteiger partial charge in [0, 0.05) is 0 Å². The Balaban J connectivity index is 2.33. The van der Waals surface area contributed by atoms with E-state index in [2.05, 4.69) is 69.3 Å². The number of rotatable bonds is 6. The van der Waals surface area contributed by atoms with Crippen molar-refractivity contribution in [1.82, 2.24) is 0 Å². The molecule has 0 aliphatic rings. The lowest BCUT2D eigenvalue weighted by molar-refractivity contribution is 0.777. The summed E-state index contributed by atoms with van der Waals surface area (Å²) in [5, 5.41) is 3.09. The van der Waals surface area contributed by atoms with Crippen LogP contribution in [0.5, 0.6) is 0 Å². The Hall–Kier alpha value is -1.13.